The molecule has 0 fully saturated rings. The van der Waals surface area contributed by atoms with Gasteiger partial charge in [-0.3, -0.25) is 4.79 Å². The summed E-state index contributed by atoms with van der Waals surface area (Å²) < 4.78 is 10.4. The summed E-state index contributed by atoms with van der Waals surface area (Å²) in [6.07, 6.45) is 2.91. The number of benzene rings is 2. The number of halogens is 1. The first-order valence-corrected chi connectivity index (χ1v) is 8.80. The van der Waals surface area contributed by atoms with Gasteiger partial charge in [-0.2, -0.15) is 0 Å². The zero-order chi connectivity index (χ0) is 19.9. The molecule has 1 amide bonds. The van der Waals surface area contributed by atoms with Crippen molar-refractivity contribution in [2.75, 3.05) is 19.5 Å². The molecule has 1 aromatic heterocycles. The molecule has 2 aromatic carbocycles. The van der Waals surface area contributed by atoms with Crippen molar-refractivity contribution in [1.29, 1.82) is 0 Å². The van der Waals surface area contributed by atoms with Crippen LogP contribution in [-0.2, 0) is 6.54 Å². The van der Waals surface area contributed by atoms with Crippen LogP contribution in [0.25, 0.3) is 0 Å². The van der Waals surface area contributed by atoms with E-state index in [0.29, 0.717) is 34.5 Å². The summed E-state index contributed by atoms with van der Waals surface area (Å²) >= 11 is 6.01. The van der Waals surface area contributed by atoms with Crippen molar-refractivity contribution in [3.8, 4) is 11.5 Å². The lowest BCUT2D eigenvalue weighted by Crippen LogP contribution is -2.23. The fraction of sp³-hybridized carbons (Fsp3) is 0.150. The quantitative estimate of drug-likeness (QED) is 0.629. The molecule has 0 unspecified atom stereocenters. The number of rotatable bonds is 7. The molecular formula is C20H19ClN4O3. The average Bonchev–Trinajstić information content (AvgIpc) is 2.73. The predicted molar refractivity (Wildman–Crippen MR) is 107 cm³/mol. The molecule has 0 spiro atoms. The highest BCUT2D eigenvalue weighted by Crippen LogP contribution is 2.29. The van der Waals surface area contributed by atoms with Crippen molar-refractivity contribution < 1.29 is 14.3 Å². The molecule has 0 saturated heterocycles. The maximum absolute atomic E-state index is 12.3. The van der Waals surface area contributed by atoms with Crippen LogP contribution in [0, 0.1) is 0 Å². The summed E-state index contributed by atoms with van der Waals surface area (Å²) in [5.74, 6) is 1.44. The molecule has 144 valence electrons. The second-order valence-electron chi connectivity index (χ2n) is 5.80. The van der Waals surface area contributed by atoms with Crippen molar-refractivity contribution in [3.63, 3.8) is 0 Å². The molecule has 0 aliphatic rings. The molecule has 28 heavy (non-hydrogen) atoms. The summed E-state index contributed by atoms with van der Waals surface area (Å²) in [5, 5.41) is 6.41. The van der Waals surface area contributed by atoms with E-state index in [2.05, 4.69) is 20.6 Å². The maximum Gasteiger partial charge on any atom is 0.254 e. The van der Waals surface area contributed by atoms with E-state index in [1.807, 2.05) is 24.3 Å². The van der Waals surface area contributed by atoms with E-state index in [4.69, 9.17) is 21.1 Å². The van der Waals surface area contributed by atoms with Crippen LogP contribution < -0.4 is 20.1 Å². The number of carbonyl (C=O) groups excluding carboxylic acids is 1. The van der Waals surface area contributed by atoms with Gasteiger partial charge < -0.3 is 20.1 Å². The van der Waals surface area contributed by atoms with E-state index in [0.717, 1.165) is 11.3 Å². The second kappa shape index (κ2) is 9.05. The number of nitrogens with one attached hydrogen (secondary N) is 2. The van der Waals surface area contributed by atoms with Crippen LogP contribution in [0.3, 0.4) is 0 Å². The fourth-order valence-electron chi connectivity index (χ4n) is 2.44. The number of amides is 1. The number of hydrogen-bond donors (Lipinski definition) is 2. The highest BCUT2D eigenvalue weighted by atomic mass is 35.5. The van der Waals surface area contributed by atoms with Crippen LogP contribution in [0.2, 0.25) is 5.02 Å². The van der Waals surface area contributed by atoms with Gasteiger partial charge in [0.25, 0.3) is 5.91 Å². The first-order valence-electron chi connectivity index (χ1n) is 8.43. The van der Waals surface area contributed by atoms with Crippen LogP contribution in [0.1, 0.15) is 15.9 Å². The molecule has 2 N–H and O–H groups in total. The zero-order valence-electron chi connectivity index (χ0n) is 15.4. The first-order chi connectivity index (χ1) is 13.6. The lowest BCUT2D eigenvalue weighted by Gasteiger charge is -2.10. The molecule has 0 aliphatic carbocycles. The topological polar surface area (TPSA) is 85.4 Å². The molecule has 3 rings (SSSR count). The van der Waals surface area contributed by atoms with Gasteiger partial charge in [-0.1, -0.05) is 23.7 Å². The molecule has 0 saturated carbocycles. The largest absolute Gasteiger partial charge is 0.497 e. The fourth-order valence-corrected chi connectivity index (χ4v) is 2.61. The van der Waals surface area contributed by atoms with E-state index in [9.17, 15) is 4.79 Å². The molecule has 0 radical (unpaired) electrons. The van der Waals surface area contributed by atoms with Crippen LogP contribution in [0.4, 0.5) is 11.6 Å². The first kappa shape index (κ1) is 19.4. The third kappa shape index (κ3) is 4.89. The molecule has 8 heteroatoms. The maximum atomic E-state index is 12.3. The number of aromatic nitrogens is 2. The van der Waals surface area contributed by atoms with Crippen LogP contribution >= 0.6 is 11.6 Å². The Morgan fingerprint density at radius 2 is 1.75 bits per heavy atom. The van der Waals surface area contributed by atoms with Crippen molar-refractivity contribution in [2.45, 2.75) is 6.54 Å². The number of methoxy groups -OCH3 is 2. The lowest BCUT2D eigenvalue weighted by atomic mass is 10.2. The van der Waals surface area contributed by atoms with E-state index < -0.39 is 0 Å². The minimum atomic E-state index is -0.261. The van der Waals surface area contributed by atoms with Crippen LogP contribution in [0.5, 0.6) is 11.5 Å². The van der Waals surface area contributed by atoms with Crippen molar-refractivity contribution >= 4 is 29.1 Å². The summed E-state index contributed by atoms with van der Waals surface area (Å²) in [6, 6.07) is 12.6. The Balaban J connectivity index is 1.61. The molecule has 0 aliphatic heterocycles. The van der Waals surface area contributed by atoms with Crippen molar-refractivity contribution in [3.05, 3.63) is 71.0 Å². The smallest absolute Gasteiger partial charge is 0.254 e. The van der Waals surface area contributed by atoms with Gasteiger partial charge in [0.05, 0.1) is 25.5 Å². The van der Waals surface area contributed by atoms with Gasteiger partial charge in [0.2, 0.25) is 5.95 Å². The summed E-state index contributed by atoms with van der Waals surface area (Å²) in [7, 11) is 3.17. The van der Waals surface area contributed by atoms with Gasteiger partial charge in [-0.05, 0) is 35.9 Å². The van der Waals surface area contributed by atoms with Crippen LogP contribution in [0.15, 0.2) is 54.9 Å². The molecule has 0 bridgehead atoms. The summed E-state index contributed by atoms with van der Waals surface area (Å²) in [5.41, 5.74) is 1.95. The average molecular weight is 399 g/mol. The van der Waals surface area contributed by atoms with Crippen molar-refractivity contribution in [1.82, 2.24) is 15.3 Å². The van der Waals surface area contributed by atoms with Gasteiger partial charge >= 0.3 is 0 Å². The number of nitrogens with zero attached hydrogens (tertiary/aromatic N) is 2. The Bertz CT molecular complexity index is 947. The standard InChI is InChI=1S/C20H19ClN4O3/c1-27-16-6-3-13(4-7-16)10-22-19(26)14-11-23-20(24-12-14)25-17-9-15(21)5-8-18(17)28-2/h3-9,11-12H,10H2,1-2H3,(H,22,26)(H,23,24,25). The van der Waals surface area contributed by atoms with Gasteiger partial charge in [0.1, 0.15) is 11.5 Å². The SMILES string of the molecule is COc1ccc(CNC(=O)c2cnc(Nc3cc(Cl)ccc3OC)nc2)cc1. The van der Waals surface area contributed by atoms with E-state index in [-0.39, 0.29) is 5.91 Å². The Morgan fingerprint density at radius 1 is 1.04 bits per heavy atom. The number of ether oxygens (including phenoxy) is 2. The van der Waals surface area contributed by atoms with Gasteiger partial charge in [-0.25, -0.2) is 9.97 Å². The molecule has 7 nitrogen and oxygen atoms in total. The van der Waals surface area contributed by atoms with Crippen LogP contribution in [-0.4, -0.2) is 30.1 Å². The van der Waals surface area contributed by atoms with Gasteiger partial charge in [-0.15, -0.1) is 0 Å². The lowest BCUT2D eigenvalue weighted by molar-refractivity contribution is 0.0950. The normalized spacial score (nSPS) is 10.2. The summed E-state index contributed by atoms with van der Waals surface area (Å²) in [4.78, 5) is 20.6. The Kier molecular flexibility index (Phi) is 6.29. The molecule has 0 atom stereocenters. The highest BCUT2D eigenvalue weighted by Gasteiger charge is 2.09. The molecular weight excluding hydrogens is 380 g/mol. The molecule has 3 aromatic rings. The van der Waals surface area contributed by atoms with E-state index >= 15 is 0 Å². The Labute approximate surface area is 167 Å². The number of carbonyl (C=O) groups is 1. The van der Waals surface area contributed by atoms with Gasteiger partial charge in [0.15, 0.2) is 0 Å². The highest BCUT2D eigenvalue weighted by molar-refractivity contribution is 6.31. The Morgan fingerprint density at radius 3 is 2.39 bits per heavy atom. The van der Waals surface area contributed by atoms with E-state index in [1.165, 1.54) is 12.4 Å². The van der Waals surface area contributed by atoms with Gasteiger partial charge in [0, 0.05) is 24.0 Å². The monoisotopic (exact) mass is 398 g/mol. The number of hydrogen-bond acceptors (Lipinski definition) is 6. The third-order valence-corrected chi connectivity index (χ3v) is 4.17. The second-order valence-corrected chi connectivity index (χ2v) is 6.23. The number of anilines is 2. The summed E-state index contributed by atoms with van der Waals surface area (Å²) in [6.45, 7) is 0.391. The van der Waals surface area contributed by atoms with E-state index in [1.54, 1.807) is 32.4 Å². The Hall–Kier alpha value is -3.32. The minimum Gasteiger partial charge on any atom is -0.497 e. The zero-order valence-corrected chi connectivity index (χ0v) is 16.2. The third-order valence-electron chi connectivity index (χ3n) is 3.93. The minimum absolute atomic E-state index is 0.261. The van der Waals surface area contributed by atoms with Crippen molar-refractivity contribution in [2.24, 2.45) is 0 Å². The predicted octanol–water partition coefficient (Wildman–Crippen LogP) is 3.82. The molecule has 1 heterocycles.